The molecule has 0 saturated heterocycles. The molecule has 0 fully saturated rings. The van der Waals surface area contributed by atoms with Gasteiger partial charge in [0.15, 0.2) is 5.75 Å². The van der Waals surface area contributed by atoms with Crippen LogP contribution in [0.4, 0.5) is 4.79 Å². The molecule has 0 radical (unpaired) electrons. The number of nitrogens with one attached hydrogen (secondary N) is 1. The van der Waals surface area contributed by atoms with Crippen molar-refractivity contribution in [3.63, 3.8) is 0 Å². The number of urea groups is 1. The average molecular weight is 458 g/mol. The van der Waals surface area contributed by atoms with Gasteiger partial charge in [0, 0.05) is 21.2 Å². The topological polar surface area (TPSA) is 102 Å². The number of rotatable bonds is 4. The molecule has 2 aromatic carbocycles. The van der Waals surface area contributed by atoms with Crippen LogP contribution in [-0.2, 0) is 20.0 Å². The standard InChI is InChI=1S/C14H11Cl3N2O5S2/c1-25(21,11-5-2-9(15)3-6-11)18-14(20)19-26(22,23)24-13-7-4-10(16)8-12(13)17/h2-8H,1H3,(H,19,20). The van der Waals surface area contributed by atoms with Gasteiger partial charge in [-0.05, 0) is 42.5 Å². The predicted octanol–water partition coefficient (Wildman–Crippen LogP) is 4.14. The molecular formula is C14H11Cl3N2O5S2. The first-order chi connectivity index (χ1) is 12.0. The summed E-state index contributed by atoms with van der Waals surface area (Å²) in [6.45, 7) is 0. The van der Waals surface area contributed by atoms with Crippen molar-refractivity contribution in [3.8, 4) is 5.75 Å². The van der Waals surface area contributed by atoms with Gasteiger partial charge >= 0.3 is 16.3 Å². The molecule has 0 heterocycles. The average Bonchev–Trinajstić information content (AvgIpc) is 2.49. The number of carbonyl (C=O) groups is 1. The molecule has 1 N–H and O–H groups in total. The zero-order chi connectivity index (χ0) is 19.5. The van der Waals surface area contributed by atoms with Gasteiger partial charge in [0.25, 0.3) is 0 Å². The zero-order valence-corrected chi connectivity index (χ0v) is 16.9. The Labute approximate surface area is 165 Å². The molecule has 0 aliphatic carbocycles. The second kappa shape index (κ2) is 8.01. The van der Waals surface area contributed by atoms with Crippen molar-refractivity contribution in [2.45, 2.75) is 4.90 Å². The summed E-state index contributed by atoms with van der Waals surface area (Å²) in [4.78, 5) is 12.1. The third kappa shape index (κ3) is 5.75. The number of hydrogen-bond acceptors (Lipinski definition) is 5. The molecule has 0 aliphatic heterocycles. The smallest absolute Gasteiger partial charge is 0.365 e. The lowest BCUT2D eigenvalue weighted by Gasteiger charge is -2.09. The Hall–Kier alpha value is -1.52. The number of amides is 2. The van der Waals surface area contributed by atoms with Crippen molar-refractivity contribution in [1.82, 2.24) is 4.72 Å². The van der Waals surface area contributed by atoms with E-state index in [1.165, 1.54) is 53.4 Å². The molecule has 0 aromatic heterocycles. The molecule has 1 atom stereocenters. The van der Waals surface area contributed by atoms with Gasteiger partial charge in [0.1, 0.15) is 0 Å². The van der Waals surface area contributed by atoms with Crippen LogP contribution in [0, 0.1) is 0 Å². The van der Waals surface area contributed by atoms with E-state index in [0.717, 1.165) is 0 Å². The highest BCUT2D eigenvalue weighted by Crippen LogP contribution is 2.28. The summed E-state index contributed by atoms with van der Waals surface area (Å²) in [6, 6.07) is 8.23. The van der Waals surface area contributed by atoms with Crippen LogP contribution in [0.25, 0.3) is 0 Å². The molecule has 2 aromatic rings. The minimum Gasteiger partial charge on any atom is -0.365 e. The number of halogens is 3. The maximum Gasteiger partial charge on any atom is 0.411 e. The van der Waals surface area contributed by atoms with E-state index in [2.05, 4.69) is 8.55 Å². The number of hydrogen-bond donors (Lipinski definition) is 1. The fraction of sp³-hybridized carbons (Fsp3) is 0.0714. The third-order valence-corrected chi connectivity index (χ3v) is 6.08. The summed E-state index contributed by atoms with van der Waals surface area (Å²) < 4.78 is 45.9. The van der Waals surface area contributed by atoms with Gasteiger partial charge < -0.3 is 4.18 Å². The monoisotopic (exact) mass is 456 g/mol. The van der Waals surface area contributed by atoms with Crippen LogP contribution in [0.15, 0.2) is 51.7 Å². The fourth-order valence-corrected chi connectivity index (χ4v) is 4.17. The lowest BCUT2D eigenvalue weighted by molar-refractivity contribution is 0.253. The minimum atomic E-state index is -4.60. The Balaban J connectivity index is 2.19. The molecule has 140 valence electrons. The van der Waals surface area contributed by atoms with Crippen LogP contribution in [0.3, 0.4) is 0 Å². The quantitative estimate of drug-likeness (QED) is 0.743. The summed E-state index contributed by atoms with van der Waals surface area (Å²) in [5.74, 6) is -0.244. The SMILES string of the molecule is CS(=O)(=NC(=O)NS(=O)(=O)Oc1ccc(Cl)cc1Cl)c1ccc(Cl)cc1. The molecular weight excluding hydrogens is 447 g/mol. The van der Waals surface area contributed by atoms with Crippen LogP contribution in [0.1, 0.15) is 0 Å². The van der Waals surface area contributed by atoms with Crippen LogP contribution in [0.5, 0.6) is 5.75 Å². The van der Waals surface area contributed by atoms with Crippen LogP contribution in [-0.4, -0.2) is 24.9 Å². The Bertz CT molecular complexity index is 1060. The third-order valence-electron chi connectivity index (χ3n) is 2.81. The van der Waals surface area contributed by atoms with E-state index < -0.39 is 26.1 Å². The van der Waals surface area contributed by atoms with E-state index in [1.807, 2.05) is 0 Å². The lowest BCUT2D eigenvalue weighted by atomic mass is 10.3. The van der Waals surface area contributed by atoms with Crippen molar-refractivity contribution < 1.29 is 21.6 Å². The molecule has 1 unspecified atom stereocenters. The van der Waals surface area contributed by atoms with Gasteiger partial charge in [-0.3, -0.25) is 0 Å². The van der Waals surface area contributed by atoms with Gasteiger partial charge in [0.2, 0.25) is 0 Å². The fourth-order valence-electron chi connectivity index (χ4n) is 1.71. The predicted molar refractivity (Wildman–Crippen MR) is 101 cm³/mol. The number of benzene rings is 2. The van der Waals surface area contributed by atoms with Gasteiger partial charge in [-0.2, -0.15) is 13.1 Å². The maximum absolute atomic E-state index is 12.5. The molecule has 0 aliphatic rings. The Morgan fingerprint density at radius 1 is 1.00 bits per heavy atom. The molecule has 12 heteroatoms. The zero-order valence-electron chi connectivity index (χ0n) is 13.0. The summed E-state index contributed by atoms with van der Waals surface area (Å²) >= 11 is 17.2. The van der Waals surface area contributed by atoms with Crippen molar-refractivity contribution in [1.29, 1.82) is 0 Å². The normalized spacial score (nSPS) is 13.5. The second-order valence-corrected chi connectivity index (χ2v) is 9.69. The molecule has 7 nitrogen and oxygen atoms in total. The number of carbonyl (C=O) groups excluding carboxylic acids is 1. The summed E-state index contributed by atoms with van der Waals surface area (Å²) in [5.41, 5.74) is 0. The van der Waals surface area contributed by atoms with E-state index in [1.54, 1.807) is 0 Å². The van der Waals surface area contributed by atoms with Gasteiger partial charge in [-0.1, -0.05) is 34.8 Å². The molecule has 2 rings (SSSR count). The largest absolute Gasteiger partial charge is 0.411 e. The summed E-state index contributed by atoms with van der Waals surface area (Å²) in [7, 11) is -7.79. The van der Waals surface area contributed by atoms with Crippen molar-refractivity contribution >= 4 is 60.9 Å². The first kappa shape index (κ1) is 20.8. The van der Waals surface area contributed by atoms with Gasteiger partial charge in [-0.15, -0.1) is 4.36 Å². The molecule has 0 saturated carbocycles. The van der Waals surface area contributed by atoms with Crippen molar-refractivity contribution in [3.05, 3.63) is 57.5 Å². The molecule has 0 spiro atoms. The Morgan fingerprint density at radius 3 is 2.15 bits per heavy atom. The first-order valence-corrected chi connectivity index (χ1v) is 11.1. The minimum absolute atomic E-state index is 0.0762. The van der Waals surface area contributed by atoms with E-state index in [4.69, 9.17) is 34.8 Å². The van der Waals surface area contributed by atoms with Crippen LogP contribution in [0.2, 0.25) is 15.1 Å². The lowest BCUT2D eigenvalue weighted by Crippen LogP contribution is -2.32. The summed E-state index contributed by atoms with van der Waals surface area (Å²) in [6.07, 6.45) is 1.18. The Kier molecular flexibility index (Phi) is 6.41. The van der Waals surface area contributed by atoms with E-state index >= 15 is 0 Å². The summed E-state index contributed by atoms with van der Waals surface area (Å²) in [5, 5.41) is 0.601. The van der Waals surface area contributed by atoms with Gasteiger partial charge in [-0.25, -0.2) is 9.00 Å². The second-order valence-electron chi connectivity index (χ2n) is 4.87. The van der Waals surface area contributed by atoms with Gasteiger partial charge in [0.05, 0.1) is 14.8 Å². The Morgan fingerprint density at radius 2 is 1.58 bits per heavy atom. The van der Waals surface area contributed by atoms with Crippen molar-refractivity contribution in [2.24, 2.45) is 4.36 Å². The van der Waals surface area contributed by atoms with Crippen LogP contribution >= 0.6 is 34.8 Å². The molecule has 2 amide bonds. The van der Waals surface area contributed by atoms with E-state index in [9.17, 15) is 17.4 Å². The highest BCUT2D eigenvalue weighted by Gasteiger charge is 2.20. The first-order valence-electron chi connectivity index (χ1n) is 6.67. The maximum atomic E-state index is 12.5. The van der Waals surface area contributed by atoms with Crippen molar-refractivity contribution in [2.75, 3.05) is 6.26 Å². The molecule has 0 bridgehead atoms. The number of nitrogens with zero attached hydrogens (tertiary/aromatic N) is 1. The highest BCUT2D eigenvalue weighted by atomic mass is 35.5. The van der Waals surface area contributed by atoms with Crippen LogP contribution < -0.4 is 8.91 Å². The molecule has 26 heavy (non-hydrogen) atoms. The highest BCUT2D eigenvalue weighted by molar-refractivity contribution is 7.93. The van der Waals surface area contributed by atoms with E-state index in [0.29, 0.717) is 5.02 Å². The van der Waals surface area contributed by atoms with E-state index in [-0.39, 0.29) is 20.7 Å².